The Morgan fingerprint density at radius 2 is 1.29 bits per heavy atom. The molecule has 0 atom stereocenters. The van der Waals surface area contributed by atoms with Gasteiger partial charge in [-0.2, -0.15) is 0 Å². The van der Waals surface area contributed by atoms with Crippen molar-refractivity contribution in [2.75, 3.05) is 13.7 Å². The summed E-state index contributed by atoms with van der Waals surface area (Å²) in [6.07, 6.45) is 6.25. The highest BCUT2D eigenvalue weighted by molar-refractivity contribution is 6.00. The minimum Gasteiger partial charge on any atom is -0.497 e. The molecule has 0 N–H and O–H groups in total. The van der Waals surface area contributed by atoms with Crippen LogP contribution in [0.4, 0.5) is 5.69 Å². The summed E-state index contributed by atoms with van der Waals surface area (Å²) in [7, 11) is 1.68. The van der Waals surface area contributed by atoms with Crippen LogP contribution in [0, 0.1) is 0 Å². The van der Waals surface area contributed by atoms with E-state index in [1.807, 2.05) is 43.3 Å². The molecule has 0 aliphatic rings. The van der Waals surface area contributed by atoms with Gasteiger partial charge >= 0.3 is 0 Å². The third-order valence-electron chi connectivity index (χ3n) is 5.38. The lowest BCUT2D eigenvalue weighted by Crippen LogP contribution is -1.97. The molecular weight excluding hydrogens is 382 g/mol. The van der Waals surface area contributed by atoms with E-state index in [1.54, 1.807) is 7.11 Å². The fourth-order valence-electron chi connectivity index (χ4n) is 3.46. The van der Waals surface area contributed by atoms with Crippen molar-refractivity contribution in [2.24, 2.45) is 4.99 Å². The quantitative estimate of drug-likeness (QED) is 0.236. The fourth-order valence-corrected chi connectivity index (χ4v) is 3.46. The highest BCUT2D eigenvalue weighted by Gasteiger charge is 2.02. The average molecular weight is 416 g/mol. The molecule has 3 nitrogen and oxygen atoms in total. The van der Waals surface area contributed by atoms with Crippen molar-refractivity contribution in [3.63, 3.8) is 0 Å². The highest BCUT2D eigenvalue weighted by Crippen LogP contribution is 2.24. The standard InChI is InChI=1S/C28H33NO2/c1-4-5-6-7-8-21-31-28-19-15-26(16-20-28)29-22(2)23-9-11-24(12-10-23)25-13-17-27(30-3)18-14-25/h9-20H,4-8,21H2,1-3H3. The summed E-state index contributed by atoms with van der Waals surface area (Å²) in [5, 5.41) is 0. The van der Waals surface area contributed by atoms with Gasteiger partial charge in [-0.15, -0.1) is 0 Å². The topological polar surface area (TPSA) is 30.8 Å². The minimum atomic E-state index is 0.784. The Morgan fingerprint density at radius 1 is 0.710 bits per heavy atom. The lowest BCUT2D eigenvalue weighted by molar-refractivity contribution is 0.304. The van der Waals surface area contributed by atoms with Gasteiger partial charge in [0, 0.05) is 5.71 Å². The molecule has 0 amide bonds. The number of aliphatic imine (C=N–C) groups is 1. The number of nitrogens with zero attached hydrogens (tertiary/aromatic N) is 1. The van der Waals surface area contributed by atoms with Crippen LogP contribution in [0.5, 0.6) is 11.5 Å². The molecule has 0 radical (unpaired) electrons. The van der Waals surface area contributed by atoms with Crippen LogP contribution in [0.15, 0.2) is 77.8 Å². The van der Waals surface area contributed by atoms with Gasteiger partial charge in [0.2, 0.25) is 0 Å². The van der Waals surface area contributed by atoms with E-state index in [0.717, 1.165) is 41.5 Å². The highest BCUT2D eigenvalue weighted by atomic mass is 16.5. The van der Waals surface area contributed by atoms with Crippen molar-refractivity contribution in [1.29, 1.82) is 0 Å². The first-order valence-electron chi connectivity index (χ1n) is 11.2. The molecule has 3 aromatic carbocycles. The molecule has 3 rings (SSSR count). The molecule has 162 valence electrons. The van der Waals surface area contributed by atoms with Gasteiger partial charge in [0.25, 0.3) is 0 Å². The van der Waals surface area contributed by atoms with E-state index in [1.165, 1.54) is 36.8 Å². The second-order valence-electron chi connectivity index (χ2n) is 7.76. The van der Waals surface area contributed by atoms with Gasteiger partial charge in [-0.1, -0.05) is 69.0 Å². The van der Waals surface area contributed by atoms with Gasteiger partial charge < -0.3 is 9.47 Å². The summed E-state index contributed by atoms with van der Waals surface area (Å²) in [5.41, 5.74) is 5.39. The number of hydrogen-bond donors (Lipinski definition) is 0. The number of ether oxygens (including phenoxy) is 2. The summed E-state index contributed by atoms with van der Waals surface area (Å²) in [6.45, 7) is 5.06. The van der Waals surface area contributed by atoms with Crippen LogP contribution in [0.3, 0.4) is 0 Å². The number of unbranched alkanes of at least 4 members (excludes halogenated alkanes) is 4. The van der Waals surface area contributed by atoms with E-state index >= 15 is 0 Å². The summed E-state index contributed by atoms with van der Waals surface area (Å²) in [4.78, 5) is 4.77. The van der Waals surface area contributed by atoms with Gasteiger partial charge in [0.05, 0.1) is 19.4 Å². The van der Waals surface area contributed by atoms with Crippen molar-refractivity contribution < 1.29 is 9.47 Å². The zero-order chi connectivity index (χ0) is 21.9. The maximum Gasteiger partial charge on any atom is 0.119 e. The third kappa shape index (κ3) is 6.99. The van der Waals surface area contributed by atoms with E-state index in [-0.39, 0.29) is 0 Å². The largest absolute Gasteiger partial charge is 0.497 e. The summed E-state index contributed by atoms with van der Waals surface area (Å²) < 4.78 is 11.1. The molecule has 31 heavy (non-hydrogen) atoms. The van der Waals surface area contributed by atoms with Crippen LogP contribution in [-0.2, 0) is 0 Å². The first-order valence-corrected chi connectivity index (χ1v) is 11.2. The fraction of sp³-hybridized carbons (Fsp3) is 0.321. The molecule has 0 spiro atoms. The summed E-state index contributed by atoms with van der Waals surface area (Å²) >= 11 is 0. The maximum absolute atomic E-state index is 5.84. The molecule has 0 aromatic heterocycles. The van der Waals surface area contributed by atoms with Gasteiger partial charge in [0.1, 0.15) is 11.5 Å². The van der Waals surface area contributed by atoms with E-state index in [9.17, 15) is 0 Å². The molecule has 0 saturated carbocycles. The van der Waals surface area contributed by atoms with Crippen LogP contribution in [0.2, 0.25) is 0 Å². The summed E-state index contributed by atoms with van der Waals surface area (Å²) in [5.74, 6) is 1.78. The Bertz CT molecular complexity index is 942. The Balaban J connectivity index is 1.56. The molecule has 0 heterocycles. The van der Waals surface area contributed by atoms with E-state index in [2.05, 4.69) is 43.3 Å². The van der Waals surface area contributed by atoms with Crippen molar-refractivity contribution in [2.45, 2.75) is 46.0 Å². The number of rotatable bonds is 11. The molecule has 0 saturated heterocycles. The minimum absolute atomic E-state index is 0.784. The Labute approximate surface area is 186 Å². The predicted octanol–water partition coefficient (Wildman–Crippen LogP) is 7.85. The van der Waals surface area contributed by atoms with Gasteiger partial charge in [-0.3, -0.25) is 4.99 Å². The van der Waals surface area contributed by atoms with Crippen molar-refractivity contribution in [1.82, 2.24) is 0 Å². The summed E-state index contributed by atoms with van der Waals surface area (Å²) in [6, 6.07) is 24.7. The number of hydrogen-bond acceptors (Lipinski definition) is 3. The Morgan fingerprint density at radius 3 is 1.90 bits per heavy atom. The molecular formula is C28H33NO2. The van der Waals surface area contributed by atoms with E-state index in [0.29, 0.717) is 0 Å². The molecule has 0 unspecified atom stereocenters. The predicted molar refractivity (Wildman–Crippen MR) is 131 cm³/mol. The monoisotopic (exact) mass is 415 g/mol. The number of benzene rings is 3. The second-order valence-corrected chi connectivity index (χ2v) is 7.76. The van der Waals surface area contributed by atoms with Crippen LogP contribution in [0.25, 0.3) is 11.1 Å². The van der Waals surface area contributed by atoms with Crippen molar-refractivity contribution >= 4 is 11.4 Å². The third-order valence-corrected chi connectivity index (χ3v) is 5.38. The van der Waals surface area contributed by atoms with Gasteiger partial charge in [-0.05, 0) is 66.4 Å². The zero-order valence-corrected chi connectivity index (χ0v) is 18.9. The van der Waals surface area contributed by atoms with E-state index < -0.39 is 0 Å². The Kier molecular flexibility index (Phi) is 8.71. The maximum atomic E-state index is 5.84. The van der Waals surface area contributed by atoms with Crippen molar-refractivity contribution in [3.8, 4) is 22.6 Å². The molecule has 0 aliphatic heterocycles. The number of methoxy groups -OCH3 is 1. The first kappa shape index (κ1) is 22.6. The van der Waals surface area contributed by atoms with Gasteiger partial charge in [0.15, 0.2) is 0 Å². The first-order chi connectivity index (χ1) is 15.2. The van der Waals surface area contributed by atoms with Crippen molar-refractivity contribution in [3.05, 3.63) is 78.4 Å². The molecule has 0 bridgehead atoms. The molecule has 0 fully saturated rings. The molecule has 3 aromatic rings. The van der Waals surface area contributed by atoms with Crippen LogP contribution in [0.1, 0.15) is 51.5 Å². The van der Waals surface area contributed by atoms with Crippen LogP contribution < -0.4 is 9.47 Å². The molecule has 3 heteroatoms. The molecule has 0 aliphatic carbocycles. The second kappa shape index (κ2) is 11.9. The lowest BCUT2D eigenvalue weighted by atomic mass is 10.0. The zero-order valence-electron chi connectivity index (χ0n) is 18.9. The van der Waals surface area contributed by atoms with Gasteiger partial charge in [-0.25, -0.2) is 0 Å². The van der Waals surface area contributed by atoms with Crippen LogP contribution in [-0.4, -0.2) is 19.4 Å². The average Bonchev–Trinajstić information content (AvgIpc) is 2.82. The lowest BCUT2D eigenvalue weighted by Gasteiger charge is -2.07. The SMILES string of the molecule is CCCCCCCOc1ccc(N=C(C)c2ccc(-c3ccc(OC)cc3)cc2)cc1. The Hall–Kier alpha value is -3.07. The van der Waals surface area contributed by atoms with Crippen LogP contribution >= 0.6 is 0 Å². The van der Waals surface area contributed by atoms with E-state index in [4.69, 9.17) is 14.5 Å². The smallest absolute Gasteiger partial charge is 0.119 e. The normalized spacial score (nSPS) is 11.4.